The molecular formula is C20H20N4O2. The lowest BCUT2D eigenvalue weighted by Crippen LogP contribution is -2.34. The molecule has 3 aromatic rings. The molecule has 1 aromatic carbocycles. The van der Waals surface area contributed by atoms with Crippen molar-refractivity contribution in [2.75, 3.05) is 19.0 Å². The molecule has 1 N–H and O–H groups in total. The second-order valence-electron chi connectivity index (χ2n) is 6.28. The van der Waals surface area contributed by atoms with Crippen LogP contribution in [0.5, 0.6) is 5.75 Å². The largest absolute Gasteiger partial charge is 0.494 e. The smallest absolute Gasteiger partial charge is 0.322 e. The fourth-order valence-corrected chi connectivity index (χ4v) is 3.55. The van der Waals surface area contributed by atoms with Gasteiger partial charge < -0.3 is 15.0 Å². The van der Waals surface area contributed by atoms with Gasteiger partial charge in [-0.1, -0.05) is 0 Å². The summed E-state index contributed by atoms with van der Waals surface area (Å²) < 4.78 is 5.37. The number of carbonyl (C=O) groups excluding carboxylic acids is 1. The van der Waals surface area contributed by atoms with Gasteiger partial charge in [0.05, 0.1) is 18.8 Å². The number of fused-ring (bicyclic) bond motifs is 1. The van der Waals surface area contributed by atoms with Crippen LogP contribution >= 0.6 is 0 Å². The van der Waals surface area contributed by atoms with Gasteiger partial charge in [-0.05, 0) is 54.8 Å². The SMILES string of the molecule is COc1ccc(NC(=O)N2CCCC2c2ccncc2)c2cccnc12. The van der Waals surface area contributed by atoms with Crippen LogP contribution in [0.2, 0.25) is 0 Å². The van der Waals surface area contributed by atoms with E-state index in [0.29, 0.717) is 5.75 Å². The Bertz CT molecular complexity index is 930. The maximum absolute atomic E-state index is 12.9. The Morgan fingerprint density at radius 3 is 2.85 bits per heavy atom. The molecule has 1 fully saturated rings. The van der Waals surface area contributed by atoms with E-state index in [1.807, 2.05) is 41.3 Å². The summed E-state index contributed by atoms with van der Waals surface area (Å²) in [5.74, 6) is 0.689. The van der Waals surface area contributed by atoms with E-state index >= 15 is 0 Å². The van der Waals surface area contributed by atoms with E-state index in [1.54, 1.807) is 25.7 Å². The van der Waals surface area contributed by atoms with Crippen LogP contribution in [0.3, 0.4) is 0 Å². The number of hydrogen-bond acceptors (Lipinski definition) is 4. The highest BCUT2D eigenvalue weighted by atomic mass is 16.5. The van der Waals surface area contributed by atoms with E-state index in [-0.39, 0.29) is 12.1 Å². The van der Waals surface area contributed by atoms with Crippen molar-refractivity contribution in [1.82, 2.24) is 14.9 Å². The highest BCUT2D eigenvalue weighted by Gasteiger charge is 2.30. The highest BCUT2D eigenvalue weighted by Crippen LogP contribution is 2.34. The first-order valence-electron chi connectivity index (χ1n) is 8.67. The summed E-state index contributed by atoms with van der Waals surface area (Å²) >= 11 is 0. The van der Waals surface area contributed by atoms with Crippen molar-refractivity contribution in [3.05, 3.63) is 60.6 Å². The summed E-state index contributed by atoms with van der Waals surface area (Å²) in [6.45, 7) is 0.741. The molecule has 0 spiro atoms. The molecule has 6 nitrogen and oxygen atoms in total. The number of methoxy groups -OCH3 is 1. The van der Waals surface area contributed by atoms with Gasteiger partial charge in [0, 0.05) is 30.5 Å². The van der Waals surface area contributed by atoms with Crippen LogP contribution in [0, 0.1) is 0 Å². The monoisotopic (exact) mass is 348 g/mol. The number of nitrogens with zero attached hydrogens (tertiary/aromatic N) is 3. The van der Waals surface area contributed by atoms with Crippen LogP contribution in [0.4, 0.5) is 10.5 Å². The molecule has 6 heteroatoms. The Morgan fingerprint density at radius 2 is 2.04 bits per heavy atom. The third kappa shape index (κ3) is 2.94. The summed E-state index contributed by atoms with van der Waals surface area (Å²) in [5, 5.41) is 3.91. The molecule has 4 rings (SSSR count). The van der Waals surface area contributed by atoms with Crippen LogP contribution in [0.25, 0.3) is 10.9 Å². The minimum atomic E-state index is -0.0976. The van der Waals surface area contributed by atoms with Crippen molar-refractivity contribution in [2.45, 2.75) is 18.9 Å². The third-order valence-corrected chi connectivity index (χ3v) is 4.80. The van der Waals surface area contributed by atoms with E-state index < -0.39 is 0 Å². The van der Waals surface area contributed by atoms with E-state index in [1.165, 1.54) is 0 Å². The quantitative estimate of drug-likeness (QED) is 0.777. The van der Waals surface area contributed by atoms with E-state index in [0.717, 1.165) is 41.5 Å². The van der Waals surface area contributed by atoms with Crippen LogP contribution in [0.1, 0.15) is 24.4 Å². The van der Waals surface area contributed by atoms with Gasteiger partial charge in [0.25, 0.3) is 0 Å². The Balaban J connectivity index is 1.61. The van der Waals surface area contributed by atoms with Gasteiger partial charge in [0.15, 0.2) is 0 Å². The topological polar surface area (TPSA) is 67.3 Å². The standard InChI is InChI=1S/C20H20N4O2/c1-26-18-7-6-16(15-4-2-10-22-19(15)18)23-20(25)24-13-3-5-17(24)14-8-11-21-12-9-14/h2,4,6-12,17H,3,5,13H2,1H3,(H,23,25). The molecule has 1 unspecified atom stereocenters. The van der Waals surface area contributed by atoms with Crippen LogP contribution in [0.15, 0.2) is 55.0 Å². The maximum atomic E-state index is 12.9. The molecule has 2 aromatic heterocycles. The van der Waals surface area contributed by atoms with Crippen molar-refractivity contribution in [1.29, 1.82) is 0 Å². The van der Waals surface area contributed by atoms with Gasteiger partial charge >= 0.3 is 6.03 Å². The molecular weight excluding hydrogens is 328 g/mol. The Kier molecular flexibility index (Phi) is 4.39. The normalized spacial score (nSPS) is 16.7. The average molecular weight is 348 g/mol. The average Bonchev–Trinajstić information content (AvgIpc) is 3.19. The number of amides is 2. The van der Waals surface area contributed by atoms with Gasteiger partial charge in [-0.3, -0.25) is 9.97 Å². The number of hydrogen-bond donors (Lipinski definition) is 1. The molecule has 1 saturated heterocycles. The van der Waals surface area contributed by atoms with Crippen molar-refractivity contribution in [3.63, 3.8) is 0 Å². The first-order valence-corrected chi connectivity index (χ1v) is 8.67. The number of urea groups is 1. The van der Waals surface area contributed by atoms with Gasteiger partial charge in [0.2, 0.25) is 0 Å². The summed E-state index contributed by atoms with van der Waals surface area (Å²) in [5.41, 5.74) is 2.59. The number of rotatable bonds is 3. The van der Waals surface area contributed by atoms with Gasteiger partial charge in [-0.15, -0.1) is 0 Å². The predicted octanol–water partition coefficient (Wildman–Crippen LogP) is 4.01. The van der Waals surface area contributed by atoms with Crippen LogP contribution < -0.4 is 10.1 Å². The number of ether oxygens (including phenoxy) is 1. The predicted molar refractivity (Wildman–Crippen MR) is 100 cm³/mol. The Labute approximate surface area is 151 Å². The first kappa shape index (κ1) is 16.3. The molecule has 1 aliphatic heterocycles. The zero-order valence-corrected chi connectivity index (χ0v) is 14.6. The lowest BCUT2D eigenvalue weighted by molar-refractivity contribution is 0.207. The molecule has 0 bridgehead atoms. The van der Waals surface area contributed by atoms with E-state index in [9.17, 15) is 4.79 Å². The molecule has 1 aliphatic rings. The molecule has 1 atom stereocenters. The van der Waals surface area contributed by atoms with E-state index in [4.69, 9.17) is 4.74 Å². The van der Waals surface area contributed by atoms with Crippen LogP contribution in [-0.4, -0.2) is 34.6 Å². The minimum absolute atomic E-state index is 0.0839. The second kappa shape index (κ2) is 7.00. The number of aromatic nitrogens is 2. The van der Waals surface area contributed by atoms with Crippen LogP contribution in [-0.2, 0) is 0 Å². The molecule has 0 saturated carbocycles. The van der Waals surface area contributed by atoms with Gasteiger partial charge in [-0.2, -0.15) is 0 Å². The molecule has 0 aliphatic carbocycles. The second-order valence-corrected chi connectivity index (χ2v) is 6.28. The van der Waals surface area contributed by atoms with Gasteiger partial charge in [0.1, 0.15) is 11.3 Å². The van der Waals surface area contributed by atoms with Gasteiger partial charge in [-0.25, -0.2) is 4.79 Å². The number of likely N-dealkylation sites (tertiary alicyclic amines) is 1. The number of carbonyl (C=O) groups is 1. The fraction of sp³-hybridized carbons (Fsp3) is 0.250. The minimum Gasteiger partial charge on any atom is -0.494 e. The number of anilines is 1. The molecule has 0 radical (unpaired) electrons. The Hall–Kier alpha value is -3.15. The third-order valence-electron chi connectivity index (χ3n) is 4.80. The first-order chi connectivity index (χ1) is 12.8. The summed E-state index contributed by atoms with van der Waals surface area (Å²) in [6.07, 6.45) is 7.21. The zero-order chi connectivity index (χ0) is 17.9. The number of pyridine rings is 2. The number of nitrogens with one attached hydrogen (secondary N) is 1. The zero-order valence-electron chi connectivity index (χ0n) is 14.6. The van der Waals surface area contributed by atoms with Crippen molar-refractivity contribution >= 4 is 22.6 Å². The lowest BCUT2D eigenvalue weighted by atomic mass is 10.1. The maximum Gasteiger partial charge on any atom is 0.322 e. The molecule has 2 amide bonds. The van der Waals surface area contributed by atoms with Crippen molar-refractivity contribution in [3.8, 4) is 5.75 Å². The molecule has 26 heavy (non-hydrogen) atoms. The highest BCUT2D eigenvalue weighted by molar-refractivity contribution is 6.02. The summed E-state index contributed by atoms with van der Waals surface area (Å²) in [6, 6.07) is 11.4. The van der Waals surface area contributed by atoms with Crippen molar-refractivity contribution < 1.29 is 9.53 Å². The summed E-state index contributed by atoms with van der Waals surface area (Å²) in [4.78, 5) is 23.3. The lowest BCUT2D eigenvalue weighted by Gasteiger charge is -2.25. The molecule has 132 valence electrons. The van der Waals surface area contributed by atoms with E-state index in [2.05, 4.69) is 15.3 Å². The Morgan fingerprint density at radius 1 is 1.19 bits per heavy atom. The van der Waals surface area contributed by atoms with Crippen molar-refractivity contribution in [2.24, 2.45) is 0 Å². The fourth-order valence-electron chi connectivity index (χ4n) is 3.55. The summed E-state index contributed by atoms with van der Waals surface area (Å²) in [7, 11) is 1.62. The number of benzene rings is 1. The molecule has 3 heterocycles.